The average Bonchev–Trinajstić information content (AvgIpc) is 2.04. The van der Waals surface area contributed by atoms with Gasteiger partial charge >= 0.3 is 0 Å². The maximum absolute atomic E-state index is 11.4. The number of nitrogen functional groups attached to an aromatic ring is 1. The predicted octanol–water partition coefficient (Wildman–Crippen LogP) is 1.34. The third kappa shape index (κ3) is 3.02. The van der Waals surface area contributed by atoms with Gasteiger partial charge in [-0.1, -0.05) is 25.6 Å². The number of thioether (sulfide) groups is 1. The van der Waals surface area contributed by atoms with E-state index in [1.807, 2.05) is 13.8 Å². The molecular formula is C8H11N3OS. The second kappa shape index (κ2) is 4.23. The van der Waals surface area contributed by atoms with Crippen LogP contribution in [0, 0.1) is 0 Å². The first-order valence-electron chi connectivity index (χ1n) is 3.88. The van der Waals surface area contributed by atoms with E-state index in [2.05, 4.69) is 9.97 Å². The Morgan fingerprint density at radius 1 is 1.46 bits per heavy atom. The Bertz CT molecular complexity index is 297. The van der Waals surface area contributed by atoms with Crippen LogP contribution in [0.3, 0.4) is 0 Å². The van der Waals surface area contributed by atoms with Gasteiger partial charge in [-0.3, -0.25) is 4.79 Å². The molecule has 0 bridgehead atoms. The van der Waals surface area contributed by atoms with E-state index < -0.39 is 0 Å². The quantitative estimate of drug-likeness (QED) is 0.774. The lowest BCUT2D eigenvalue weighted by atomic mass is 10.5. The minimum atomic E-state index is -0.0671. The molecule has 0 saturated carbocycles. The standard InChI is InChI=1S/C8H11N3OS/c1-5(2)13-8(12)6-3-11-7(9)4-10-6/h3-5H,1-2H3,(H2,9,11). The predicted molar refractivity (Wildman–Crippen MR) is 53.5 cm³/mol. The Hall–Kier alpha value is -1.10. The molecule has 1 aromatic heterocycles. The van der Waals surface area contributed by atoms with Gasteiger partial charge in [0, 0.05) is 5.25 Å². The fourth-order valence-electron chi connectivity index (χ4n) is 0.718. The molecule has 13 heavy (non-hydrogen) atoms. The number of carbonyl (C=O) groups is 1. The number of aromatic nitrogens is 2. The number of hydrogen-bond acceptors (Lipinski definition) is 5. The lowest BCUT2D eigenvalue weighted by Crippen LogP contribution is -2.03. The van der Waals surface area contributed by atoms with Gasteiger partial charge in [0.15, 0.2) is 0 Å². The zero-order valence-electron chi connectivity index (χ0n) is 7.52. The van der Waals surface area contributed by atoms with Crippen LogP contribution in [0.15, 0.2) is 12.4 Å². The summed E-state index contributed by atoms with van der Waals surface area (Å²) in [6.07, 6.45) is 2.78. The summed E-state index contributed by atoms with van der Waals surface area (Å²) in [5.74, 6) is 0.325. The molecule has 0 fully saturated rings. The molecule has 0 aliphatic carbocycles. The van der Waals surface area contributed by atoms with Crippen molar-refractivity contribution in [3.8, 4) is 0 Å². The van der Waals surface area contributed by atoms with Crippen molar-refractivity contribution in [3.63, 3.8) is 0 Å². The van der Waals surface area contributed by atoms with Gasteiger partial charge in [-0.15, -0.1) is 0 Å². The van der Waals surface area contributed by atoms with Crippen molar-refractivity contribution in [1.82, 2.24) is 9.97 Å². The van der Waals surface area contributed by atoms with E-state index in [0.29, 0.717) is 11.5 Å². The summed E-state index contributed by atoms with van der Waals surface area (Å²) in [4.78, 5) is 19.0. The molecule has 0 aliphatic rings. The summed E-state index contributed by atoms with van der Waals surface area (Å²) in [5.41, 5.74) is 5.69. The highest BCUT2D eigenvalue weighted by Crippen LogP contribution is 2.15. The molecule has 1 heterocycles. The number of anilines is 1. The lowest BCUT2D eigenvalue weighted by molar-refractivity contribution is 0.108. The second-order valence-corrected chi connectivity index (χ2v) is 4.33. The molecule has 1 aromatic rings. The van der Waals surface area contributed by atoms with Gasteiger partial charge in [0.1, 0.15) is 11.5 Å². The summed E-state index contributed by atoms with van der Waals surface area (Å²) in [6, 6.07) is 0. The van der Waals surface area contributed by atoms with Gasteiger partial charge in [-0.2, -0.15) is 0 Å². The highest BCUT2D eigenvalue weighted by molar-refractivity contribution is 8.14. The van der Waals surface area contributed by atoms with Gasteiger partial charge in [0.25, 0.3) is 0 Å². The third-order valence-corrected chi connectivity index (χ3v) is 2.12. The monoisotopic (exact) mass is 197 g/mol. The highest BCUT2D eigenvalue weighted by Gasteiger charge is 2.10. The van der Waals surface area contributed by atoms with Crippen molar-refractivity contribution in [3.05, 3.63) is 18.1 Å². The molecule has 4 nitrogen and oxygen atoms in total. The second-order valence-electron chi connectivity index (χ2n) is 2.78. The van der Waals surface area contributed by atoms with E-state index in [1.54, 1.807) is 0 Å². The van der Waals surface area contributed by atoms with Gasteiger partial charge in [0.2, 0.25) is 5.12 Å². The number of nitrogens with zero attached hydrogens (tertiary/aromatic N) is 2. The first-order valence-corrected chi connectivity index (χ1v) is 4.76. The van der Waals surface area contributed by atoms with E-state index in [9.17, 15) is 4.79 Å². The van der Waals surface area contributed by atoms with Crippen molar-refractivity contribution >= 4 is 22.7 Å². The molecule has 0 atom stereocenters. The first-order chi connectivity index (χ1) is 6.09. The Labute approximate surface area is 81.0 Å². The molecule has 0 radical (unpaired) electrons. The van der Waals surface area contributed by atoms with E-state index >= 15 is 0 Å². The Morgan fingerprint density at radius 2 is 2.15 bits per heavy atom. The van der Waals surface area contributed by atoms with E-state index in [-0.39, 0.29) is 10.4 Å². The zero-order chi connectivity index (χ0) is 9.84. The molecule has 2 N–H and O–H groups in total. The molecule has 0 aromatic carbocycles. The number of carbonyl (C=O) groups excluding carboxylic acids is 1. The summed E-state index contributed by atoms with van der Waals surface area (Å²) in [7, 11) is 0. The van der Waals surface area contributed by atoms with Crippen LogP contribution >= 0.6 is 11.8 Å². The molecule has 0 unspecified atom stereocenters. The minimum absolute atomic E-state index is 0.0671. The third-order valence-electron chi connectivity index (χ3n) is 1.22. The maximum atomic E-state index is 11.4. The average molecular weight is 197 g/mol. The summed E-state index contributed by atoms with van der Waals surface area (Å²) in [6.45, 7) is 3.90. The molecule has 0 amide bonds. The molecule has 0 spiro atoms. The zero-order valence-corrected chi connectivity index (χ0v) is 8.34. The summed E-state index contributed by atoms with van der Waals surface area (Å²) in [5, 5.41) is 0.189. The molecule has 5 heteroatoms. The van der Waals surface area contributed by atoms with Crippen molar-refractivity contribution in [1.29, 1.82) is 0 Å². The van der Waals surface area contributed by atoms with Crippen molar-refractivity contribution in [2.45, 2.75) is 19.1 Å². The van der Waals surface area contributed by atoms with Gasteiger partial charge < -0.3 is 5.73 Å². The smallest absolute Gasteiger partial charge is 0.239 e. The molecule has 1 rings (SSSR count). The molecular weight excluding hydrogens is 186 g/mol. The highest BCUT2D eigenvalue weighted by atomic mass is 32.2. The Morgan fingerprint density at radius 3 is 2.62 bits per heavy atom. The molecule has 70 valence electrons. The van der Waals surface area contributed by atoms with Gasteiger partial charge in [-0.05, 0) is 0 Å². The van der Waals surface area contributed by atoms with Crippen LogP contribution in [0.4, 0.5) is 5.82 Å². The van der Waals surface area contributed by atoms with Crippen LogP contribution in [0.5, 0.6) is 0 Å². The van der Waals surface area contributed by atoms with Crippen LogP contribution in [0.1, 0.15) is 24.3 Å². The molecule has 0 aliphatic heterocycles. The Kier molecular flexibility index (Phi) is 3.25. The van der Waals surface area contributed by atoms with Crippen LogP contribution in [0.2, 0.25) is 0 Å². The van der Waals surface area contributed by atoms with Crippen molar-refractivity contribution in [2.24, 2.45) is 0 Å². The Balaban J connectivity index is 2.72. The van der Waals surface area contributed by atoms with Gasteiger partial charge in [0.05, 0.1) is 12.4 Å². The lowest BCUT2D eigenvalue weighted by Gasteiger charge is -2.01. The van der Waals surface area contributed by atoms with Crippen molar-refractivity contribution < 1.29 is 4.79 Å². The maximum Gasteiger partial charge on any atom is 0.239 e. The van der Waals surface area contributed by atoms with E-state index in [1.165, 1.54) is 24.2 Å². The van der Waals surface area contributed by atoms with Crippen LogP contribution in [-0.4, -0.2) is 20.3 Å². The van der Waals surface area contributed by atoms with Crippen molar-refractivity contribution in [2.75, 3.05) is 5.73 Å². The summed E-state index contributed by atoms with van der Waals surface area (Å²) >= 11 is 1.23. The topological polar surface area (TPSA) is 68.9 Å². The normalized spacial score (nSPS) is 10.4. The van der Waals surface area contributed by atoms with Crippen LogP contribution in [-0.2, 0) is 0 Å². The fraction of sp³-hybridized carbons (Fsp3) is 0.375. The van der Waals surface area contributed by atoms with Gasteiger partial charge in [-0.25, -0.2) is 9.97 Å². The number of rotatable bonds is 2. The number of hydrogen-bond donors (Lipinski definition) is 1. The van der Waals surface area contributed by atoms with Crippen LogP contribution < -0.4 is 5.73 Å². The van der Waals surface area contributed by atoms with E-state index in [0.717, 1.165) is 0 Å². The fourth-order valence-corrected chi connectivity index (χ4v) is 1.37. The molecule has 0 saturated heterocycles. The SMILES string of the molecule is CC(C)SC(=O)c1cnc(N)cn1. The number of nitrogens with two attached hydrogens (primary N) is 1. The first kappa shape index (κ1) is 9.98. The summed E-state index contributed by atoms with van der Waals surface area (Å²) < 4.78 is 0. The van der Waals surface area contributed by atoms with Crippen LogP contribution in [0.25, 0.3) is 0 Å². The van der Waals surface area contributed by atoms with E-state index in [4.69, 9.17) is 5.73 Å². The minimum Gasteiger partial charge on any atom is -0.382 e. The largest absolute Gasteiger partial charge is 0.382 e.